The average molecular weight is 343 g/mol. The van der Waals surface area contributed by atoms with Crippen LogP contribution in [0.1, 0.15) is 18.9 Å². The van der Waals surface area contributed by atoms with Crippen molar-refractivity contribution in [3.63, 3.8) is 0 Å². The van der Waals surface area contributed by atoms with E-state index in [0.29, 0.717) is 11.1 Å². The minimum Gasteiger partial charge on any atom is -0.376 e. The van der Waals surface area contributed by atoms with Crippen molar-refractivity contribution >= 4 is 27.5 Å². The normalized spacial score (nSPS) is 21.7. The first-order valence-electron chi connectivity index (χ1n) is 6.31. The number of carbonyl (C=O) groups is 1. The Morgan fingerprint density at radius 2 is 2.35 bits per heavy atom. The molecule has 108 valence electrons. The van der Waals surface area contributed by atoms with E-state index in [9.17, 15) is 14.9 Å². The monoisotopic (exact) mass is 342 g/mol. The Morgan fingerprint density at radius 1 is 1.60 bits per heavy atom. The predicted octanol–water partition coefficient (Wildman–Crippen LogP) is 2.19. The average Bonchev–Trinajstić information content (AvgIpc) is 2.77. The second kappa shape index (κ2) is 6.32. The lowest BCUT2D eigenvalue weighted by Crippen LogP contribution is -2.39. The van der Waals surface area contributed by atoms with Crippen LogP contribution in [0, 0.1) is 10.1 Å². The number of nitro groups is 1. The minimum absolute atomic E-state index is 0.00107. The molecule has 1 fully saturated rings. The van der Waals surface area contributed by atoms with Gasteiger partial charge in [0, 0.05) is 23.2 Å². The van der Waals surface area contributed by atoms with Crippen LogP contribution in [-0.4, -0.2) is 29.6 Å². The Labute approximate surface area is 124 Å². The molecule has 2 rings (SSSR count). The van der Waals surface area contributed by atoms with Gasteiger partial charge in [-0.15, -0.1) is 0 Å². The maximum Gasteiger partial charge on any atom is 0.270 e. The first-order chi connectivity index (χ1) is 9.47. The number of hydrogen-bond donors (Lipinski definition) is 1. The van der Waals surface area contributed by atoms with Gasteiger partial charge < -0.3 is 10.1 Å². The molecule has 1 aromatic rings. The van der Waals surface area contributed by atoms with Crippen LogP contribution in [0.3, 0.4) is 0 Å². The van der Waals surface area contributed by atoms with Gasteiger partial charge in [-0.1, -0.05) is 22.0 Å². The summed E-state index contributed by atoms with van der Waals surface area (Å²) >= 11 is 3.26. The third-order valence-electron chi connectivity index (χ3n) is 3.32. The van der Waals surface area contributed by atoms with Gasteiger partial charge in [-0.25, -0.2) is 0 Å². The maximum atomic E-state index is 12.0. The molecule has 0 radical (unpaired) electrons. The fraction of sp³-hybridized carbons (Fsp3) is 0.462. The van der Waals surface area contributed by atoms with Crippen molar-refractivity contribution in [2.45, 2.75) is 31.9 Å². The number of nitrogens with one attached hydrogen (secondary N) is 1. The van der Waals surface area contributed by atoms with Crippen molar-refractivity contribution in [1.29, 1.82) is 0 Å². The van der Waals surface area contributed by atoms with Crippen molar-refractivity contribution in [3.05, 3.63) is 38.3 Å². The number of ether oxygens (including phenoxy) is 1. The Kier molecular flexibility index (Phi) is 4.72. The molecule has 1 aliphatic heterocycles. The highest BCUT2D eigenvalue weighted by Crippen LogP contribution is 2.23. The van der Waals surface area contributed by atoms with Gasteiger partial charge in [0.25, 0.3) is 5.69 Å². The second-order valence-electron chi connectivity index (χ2n) is 4.75. The van der Waals surface area contributed by atoms with Crippen LogP contribution in [0.15, 0.2) is 22.7 Å². The van der Waals surface area contributed by atoms with E-state index in [-0.39, 0.29) is 30.2 Å². The van der Waals surface area contributed by atoms with Gasteiger partial charge in [-0.2, -0.15) is 0 Å². The summed E-state index contributed by atoms with van der Waals surface area (Å²) in [6.45, 7) is 2.59. The van der Waals surface area contributed by atoms with Crippen LogP contribution in [0.25, 0.3) is 0 Å². The fourth-order valence-electron chi connectivity index (χ4n) is 2.15. The Balaban J connectivity index is 1.99. The molecule has 1 N–H and O–H groups in total. The molecule has 1 saturated heterocycles. The molecular weight excluding hydrogens is 328 g/mol. The lowest BCUT2D eigenvalue weighted by Gasteiger charge is -2.16. The number of hydrogen-bond acceptors (Lipinski definition) is 4. The summed E-state index contributed by atoms with van der Waals surface area (Å²) in [7, 11) is 0. The molecule has 0 unspecified atom stereocenters. The summed E-state index contributed by atoms with van der Waals surface area (Å²) in [6.07, 6.45) is 1.02. The molecule has 2 atom stereocenters. The molecule has 1 heterocycles. The third-order valence-corrected chi connectivity index (χ3v) is 4.06. The molecule has 6 nitrogen and oxygen atoms in total. The van der Waals surface area contributed by atoms with Crippen molar-refractivity contribution < 1.29 is 14.5 Å². The molecular formula is C13H15BrN2O4. The summed E-state index contributed by atoms with van der Waals surface area (Å²) in [5.41, 5.74) is 0.721. The van der Waals surface area contributed by atoms with E-state index in [1.807, 2.05) is 6.92 Å². The number of nitrogens with zero attached hydrogens (tertiary/aromatic N) is 1. The van der Waals surface area contributed by atoms with Crippen LogP contribution in [-0.2, 0) is 16.0 Å². The van der Waals surface area contributed by atoms with Crippen LogP contribution in [0.4, 0.5) is 5.69 Å². The van der Waals surface area contributed by atoms with E-state index in [1.54, 1.807) is 6.07 Å². The van der Waals surface area contributed by atoms with Gasteiger partial charge >= 0.3 is 0 Å². The van der Waals surface area contributed by atoms with Crippen LogP contribution >= 0.6 is 15.9 Å². The molecule has 0 aliphatic carbocycles. The quantitative estimate of drug-likeness (QED) is 0.671. The lowest BCUT2D eigenvalue weighted by atomic mass is 10.1. The summed E-state index contributed by atoms with van der Waals surface area (Å²) in [4.78, 5) is 22.1. The molecule has 1 aliphatic rings. The zero-order valence-electron chi connectivity index (χ0n) is 11.0. The number of amides is 1. The molecule has 0 saturated carbocycles. The van der Waals surface area contributed by atoms with E-state index in [1.165, 1.54) is 12.1 Å². The standard InChI is InChI=1S/C13H15BrN2O4/c1-8-12(4-5-20-8)15-13(17)6-9-2-3-10(16(18)19)7-11(9)14/h2-3,7-8,12H,4-6H2,1H3,(H,15,17)/t8-,12-/m1/s1. The maximum absolute atomic E-state index is 12.0. The van der Waals surface area contributed by atoms with Gasteiger partial charge in [0.05, 0.1) is 23.5 Å². The summed E-state index contributed by atoms with van der Waals surface area (Å²) in [5.74, 6) is -0.109. The van der Waals surface area contributed by atoms with Crippen LogP contribution in [0.5, 0.6) is 0 Å². The number of halogens is 1. The Hall–Kier alpha value is -1.47. The molecule has 1 aromatic carbocycles. The topological polar surface area (TPSA) is 81.5 Å². The first-order valence-corrected chi connectivity index (χ1v) is 7.10. The highest BCUT2D eigenvalue weighted by Gasteiger charge is 2.25. The van der Waals surface area contributed by atoms with Gasteiger partial charge in [0.2, 0.25) is 5.91 Å². The molecule has 0 spiro atoms. The van der Waals surface area contributed by atoms with Crippen molar-refractivity contribution in [3.8, 4) is 0 Å². The molecule has 7 heteroatoms. The molecule has 0 bridgehead atoms. The number of rotatable bonds is 4. The number of benzene rings is 1. The van der Waals surface area contributed by atoms with Gasteiger partial charge in [-0.3, -0.25) is 14.9 Å². The third kappa shape index (κ3) is 3.55. The molecule has 0 aromatic heterocycles. The number of nitro benzene ring substituents is 1. The smallest absolute Gasteiger partial charge is 0.270 e. The highest BCUT2D eigenvalue weighted by molar-refractivity contribution is 9.10. The number of non-ortho nitro benzene ring substituents is 1. The highest BCUT2D eigenvalue weighted by atomic mass is 79.9. The zero-order chi connectivity index (χ0) is 14.7. The largest absolute Gasteiger partial charge is 0.376 e. The van der Waals surface area contributed by atoms with E-state index < -0.39 is 4.92 Å². The predicted molar refractivity (Wildman–Crippen MR) is 76.5 cm³/mol. The Morgan fingerprint density at radius 3 is 2.90 bits per heavy atom. The van der Waals surface area contributed by atoms with Crippen molar-refractivity contribution in [2.75, 3.05) is 6.61 Å². The van der Waals surface area contributed by atoms with Gasteiger partial charge in [-0.05, 0) is 18.9 Å². The summed E-state index contributed by atoms with van der Waals surface area (Å²) in [5, 5.41) is 13.6. The zero-order valence-corrected chi connectivity index (χ0v) is 12.6. The number of carbonyl (C=O) groups excluding carboxylic acids is 1. The summed E-state index contributed by atoms with van der Waals surface area (Å²) in [6, 6.07) is 4.44. The first kappa shape index (κ1) is 14.9. The summed E-state index contributed by atoms with van der Waals surface area (Å²) < 4.78 is 5.95. The van der Waals surface area contributed by atoms with Gasteiger partial charge in [0.1, 0.15) is 0 Å². The lowest BCUT2D eigenvalue weighted by molar-refractivity contribution is -0.384. The Bertz CT molecular complexity index is 535. The van der Waals surface area contributed by atoms with Crippen molar-refractivity contribution in [2.24, 2.45) is 0 Å². The van der Waals surface area contributed by atoms with E-state index in [0.717, 1.165) is 12.0 Å². The minimum atomic E-state index is -0.466. The SMILES string of the molecule is C[C@H]1OCC[C@H]1NC(=O)Cc1ccc([N+](=O)[O-])cc1Br. The van der Waals surface area contributed by atoms with E-state index >= 15 is 0 Å². The van der Waals surface area contributed by atoms with Crippen LogP contribution < -0.4 is 5.32 Å². The molecule has 20 heavy (non-hydrogen) atoms. The fourth-order valence-corrected chi connectivity index (χ4v) is 2.65. The van der Waals surface area contributed by atoms with Crippen molar-refractivity contribution in [1.82, 2.24) is 5.32 Å². The van der Waals surface area contributed by atoms with Crippen LogP contribution in [0.2, 0.25) is 0 Å². The molecule has 1 amide bonds. The van der Waals surface area contributed by atoms with E-state index in [2.05, 4.69) is 21.2 Å². The van der Waals surface area contributed by atoms with Gasteiger partial charge in [0.15, 0.2) is 0 Å². The van der Waals surface area contributed by atoms with E-state index in [4.69, 9.17) is 4.74 Å². The second-order valence-corrected chi connectivity index (χ2v) is 5.60.